The first kappa shape index (κ1) is 16.4. The topological polar surface area (TPSA) is 61.8 Å². The van der Waals surface area contributed by atoms with E-state index >= 15 is 0 Å². The highest BCUT2D eigenvalue weighted by atomic mass is 16.7. The normalized spacial score (nSPS) is 14.5. The van der Waals surface area contributed by atoms with Crippen LogP contribution in [0.25, 0.3) is 0 Å². The third-order valence-electron chi connectivity index (χ3n) is 3.68. The molecule has 0 radical (unpaired) electrons. The molecule has 0 amide bonds. The van der Waals surface area contributed by atoms with Crippen molar-refractivity contribution in [3.63, 3.8) is 0 Å². The average Bonchev–Trinajstić information content (AvgIpc) is 3.16. The van der Waals surface area contributed by atoms with Gasteiger partial charge in [-0.1, -0.05) is 30.3 Å². The zero-order valence-electron chi connectivity index (χ0n) is 13.4. The molecule has 0 aromatic heterocycles. The Kier molecular flexibility index (Phi) is 5.03. The standard InChI is InChI=1S/C19H18O5/c1-2-22-18(21)15-7-3-5-13(11-15)17(20)14-6-4-8-16(12-14)19-23-9-10-24-19/h3-8,11-12,19H,2,9-10H2,1H3. The number of carbonyl (C=O) groups is 2. The summed E-state index contributed by atoms with van der Waals surface area (Å²) >= 11 is 0. The SMILES string of the molecule is CCOC(=O)c1cccc(C(=O)c2cccc(C3OCCO3)c2)c1. The summed E-state index contributed by atoms with van der Waals surface area (Å²) < 4.78 is 15.9. The second kappa shape index (κ2) is 7.38. The number of carbonyl (C=O) groups excluding carboxylic acids is 2. The van der Waals surface area contributed by atoms with Gasteiger partial charge in [0.1, 0.15) is 0 Å². The molecule has 5 nitrogen and oxygen atoms in total. The van der Waals surface area contributed by atoms with E-state index in [4.69, 9.17) is 14.2 Å². The van der Waals surface area contributed by atoms with Gasteiger partial charge < -0.3 is 14.2 Å². The van der Waals surface area contributed by atoms with E-state index in [1.807, 2.05) is 6.07 Å². The van der Waals surface area contributed by atoms with Crippen molar-refractivity contribution in [3.05, 3.63) is 70.8 Å². The van der Waals surface area contributed by atoms with Crippen molar-refractivity contribution >= 4 is 11.8 Å². The van der Waals surface area contributed by atoms with Gasteiger partial charge in [0.05, 0.1) is 25.4 Å². The third kappa shape index (κ3) is 3.53. The molecule has 0 N–H and O–H groups in total. The van der Waals surface area contributed by atoms with Crippen LogP contribution >= 0.6 is 0 Å². The van der Waals surface area contributed by atoms with Gasteiger partial charge in [0.15, 0.2) is 12.1 Å². The van der Waals surface area contributed by atoms with Crippen LogP contribution in [0, 0.1) is 0 Å². The molecule has 1 heterocycles. The van der Waals surface area contributed by atoms with Crippen molar-refractivity contribution in [2.24, 2.45) is 0 Å². The highest BCUT2D eigenvalue weighted by Crippen LogP contribution is 2.24. The molecule has 2 aromatic rings. The van der Waals surface area contributed by atoms with Gasteiger partial charge in [-0.05, 0) is 25.1 Å². The molecule has 0 spiro atoms. The van der Waals surface area contributed by atoms with E-state index in [1.54, 1.807) is 49.4 Å². The molecule has 3 rings (SSSR count). The average molecular weight is 326 g/mol. The minimum Gasteiger partial charge on any atom is -0.462 e. The highest BCUT2D eigenvalue weighted by Gasteiger charge is 2.20. The monoisotopic (exact) mass is 326 g/mol. The smallest absolute Gasteiger partial charge is 0.338 e. The summed E-state index contributed by atoms with van der Waals surface area (Å²) in [6.07, 6.45) is -0.427. The molecule has 1 aliphatic rings. The number of hydrogen-bond donors (Lipinski definition) is 0. The summed E-state index contributed by atoms with van der Waals surface area (Å²) in [4.78, 5) is 24.5. The van der Waals surface area contributed by atoms with Crippen LogP contribution in [-0.2, 0) is 14.2 Å². The van der Waals surface area contributed by atoms with Crippen LogP contribution in [0.5, 0.6) is 0 Å². The molecule has 1 saturated heterocycles. The molecule has 124 valence electrons. The van der Waals surface area contributed by atoms with Crippen LogP contribution in [0.1, 0.15) is 45.1 Å². The summed E-state index contributed by atoms with van der Waals surface area (Å²) in [6, 6.07) is 13.7. The van der Waals surface area contributed by atoms with Crippen LogP contribution in [0.15, 0.2) is 48.5 Å². The Morgan fingerprint density at radius 2 is 1.62 bits per heavy atom. The van der Waals surface area contributed by atoms with Crippen LogP contribution < -0.4 is 0 Å². The van der Waals surface area contributed by atoms with Gasteiger partial charge in [-0.2, -0.15) is 0 Å². The van der Waals surface area contributed by atoms with E-state index in [0.717, 1.165) is 5.56 Å². The van der Waals surface area contributed by atoms with Gasteiger partial charge >= 0.3 is 5.97 Å². The quantitative estimate of drug-likeness (QED) is 0.624. The second-order valence-corrected chi connectivity index (χ2v) is 5.33. The van der Waals surface area contributed by atoms with Gasteiger partial charge in [-0.3, -0.25) is 4.79 Å². The maximum atomic E-state index is 12.7. The molecule has 0 atom stereocenters. The lowest BCUT2D eigenvalue weighted by atomic mass is 9.99. The summed E-state index contributed by atoms with van der Waals surface area (Å²) in [6.45, 7) is 3.13. The molecule has 1 aliphatic heterocycles. The fraction of sp³-hybridized carbons (Fsp3) is 0.263. The van der Waals surface area contributed by atoms with Gasteiger partial charge in [0.25, 0.3) is 0 Å². The predicted molar refractivity (Wildman–Crippen MR) is 86.9 cm³/mol. The van der Waals surface area contributed by atoms with E-state index in [9.17, 15) is 9.59 Å². The second-order valence-electron chi connectivity index (χ2n) is 5.33. The largest absolute Gasteiger partial charge is 0.462 e. The minimum absolute atomic E-state index is 0.166. The lowest BCUT2D eigenvalue weighted by molar-refractivity contribution is -0.0441. The van der Waals surface area contributed by atoms with E-state index < -0.39 is 12.3 Å². The molecule has 0 aliphatic carbocycles. The fourth-order valence-corrected chi connectivity index (χ4v) is 2.55. The maximum absolute atomic E-state index is 12.7. The highest BCUT2D eigenvalue weighted by molar-refractivity contribution is 6.10. The molecule has 0 saturated carbocycles. The summed E-state index contributed by atoms with van der Waals surface area (Å²) in [5.41, 5.74) is 2.12. The molecule has 5 heteroatoms. The van der Waals surface area contributed by atoms with Gasteiger partial charge in [-0.25, -0.2) is 4.79 Å². The maximum Gasteiger partial charge on any atom is 0.338 e. The fourth-order valence-electron chi connectivity index (χ4n) is 2.55. The summed E-state index contributed by atoms with van der Waals surface area (Å²) in [7, 11) is 0. The number of rotatable bonds is 5. The van der Waals surface area contributed by atoms with Crippen molar-refractivity contribution in [1.29, 1.82) is 0 Å². The molecule has 0 bridgehead atoms. The first-order chi connectivity index (χ1) is 11.7. The van der Waals surface area contributed by atoms with Crippen molar-refractivity contribution in [1.82, 2.24) is 0 Å². The zero-order chi connectivity index (χ0) is 16.9. The van der Waals surface area contributed by atoms with E-state index in [1.165, 1.54) is 0 Å². The van der Waals surface area contributed by atoms with Crippen molar-refractivity contribution in [3.8, 4) is 0 Å². The number of ketones is 1. The predicted octanol–water partition coefficient (Wildman–Crippen LogP) is 3.14. The lowest BCUT2D eigenvalue weighted by Gasteiger charge is -2.11. The van der Waals surface area contributed by atoms with Gasteiger partial charge in [-0.15, -0.1) is 0 Å². The molecule has 1 fully saturated rings. The van der Waals surface area contributed by atoms with Crippen LogP contribution in [-0.4, -0.2) is 31.6 Å². The minimum atomic E-state index is -0.436. The molecular weight excluding hydrogens is 308 g/mol. The Labute approximate surface area is 140 Å². The number of esters is 1. The number of benzene rings is 2. The van der Waals surface area contributed by atoms with Gasteiger partial charge in [0, 0.05) is 16.7 Å². The lowest BCUT2D eigenvalue weighted by Crippen LogP contribution is -2.08. The van der Waals surface area contributed by atoms with Crippen LogP contribution in [0.2, 0.25) is 0 Å². The number of ether oxygens (including phenoxy) is 3. The Morgan fingerprint density at radius 1 is 1.00 bits per heavy atom. The Morgan fingerprint density at radius 3 is 2.33 bits per heavy atom. The van der Waals surface area contributed by atoms with Gasteiger partial charge in [0.2, 0.25) is 0 Å². The Hall–Kier alpha value is -2.50. The first-order valence-corrected chi connectivity index (χ1v) is 7.84. The third-order valence-corrected chi connectivity index (χ3v) is 3.68. The Balaban J connectivity index is 1.85. The van der Waals surface area contributed by atoms with E-state index in [2.05, 4.69) is 0 Å². The van der Waals surface area contributed by atoms with Crippen molar-refractivity contribution in [2.75, 3.05) is 19.8 Å². The molecular formula is C19H18O5. The first-order valence-electron chi connectivity index (χ1n) is 7.84. The molecule has 0 unspecified atom stereocenters. The van der Waals surface area contributed by atoms with Crippen LogP contribution in [0.4, 0.5) is 0 Å². The summed E-state index contributed by atoms with van der Waals surface area (Å²) in [5, 5.41) is 0. The van der Waals surface area contributed by atoms with Crippen molar-refractivity contribution in [2.45, 2.75) is 13.2 Å². The van der Waals surface area contributed by atoms with Crippen molar-refractivity contribution < 1.29 is 23.8 Å². The van der Waals surface area contributed by atoms with E-state index in [0.29, 0.717) is 36.5 Å². The zero-order valence-corrected chi connectivity index (χ0v) is 13.4. The summed E-state index contributed by atoms with van der Waals surface area (Å²) in [5.74, 6) is -0.602. The van der Waals surface area contributed by atoms with Crippen LogP contribution in [0.3, 0.4) is 0 Å². The van der Waals surface area contributed by atoms with E-state index in [-0.39, 0.29) is 5.78 Å². The molecule has 2 aromatic carbocycles. The molecule has 24 heavy (non-hydrogen) atoms. The number of hydrogen-bond acceptors (Lipinski definition) is 5. The Bertz CT molecular complexity index is 747.